The van der Waals surface area contributed by atoms with E-state index >= 15 is 0 Å². The van der Waals surface area contributed by atoms with Gasteiger partial charge in [0.05, 0.1) is 0 Å². The highest BCUT2D eigenvalue weighted by Crippen LogP contribution is 2.38. The van der Waals surface area contributed by atoms with Gasteiger partial charge in [-0.05, 0) is 43.0 Å². The van der Waals surface area contributed by atoms with Gasteiger partial charge < -0.3 is 19.5 Å². The molecule has 0 radical (unpaired) electrons. The SMILES string of the molecule is c1cc2cc3c(cc2c(OCC2CCCCN2)n1)OCO3. The van der Waals surface area contributed by atoms with Crippen LogP contribution in [0.3, 0.4) is 0 Å². The molecule has 1 saturated heterocycles. The van der Waals surface area contributed by atoms with Gasteiger partial charge in [-0.3, -0.25) is 0 Å². The summed E-state index contributed by atoms with van der Waals surface area (Å²) in [6, 6.07) is 6.31. The fourth-order valence-electron chi connectivity index (χ4n) is 2.90. The average Bonchev–Trinajstić information content (AvgIpc) is 2.99. The summed E-state index contributed by atoms with van der Waals surface area (Å²) in [5.74, 6) is 2.21. The molecule has 1 unspecified atom stereocenters. The van der Waals surface area contributed by atoms with Gasteiger partial charge in [-0.1, -0.05) is 6.42 Å². The van der Waals surface area contributed by atoms with E-state index in [2.05, 4.69) is 10.3 Å². The first kappa shape index (κ1) is 12.7. The quantitative estimate of drug-likeness (QED) is 0.939. The molecule has 0 bridgehead atoms. The maximum absolute atomic E-state index is 5.95. The standard InChI is InChI=1S/C16H18N2O3/c1-2-5-17-12(3-1)9-19-16-13-8-15-14(20-10-21-15)7-11(13)4-6-18-16/h4,6-8,12,17H,1-3,5,9-10H2. The monoisotopic (exact) mass is 286 g/mol. The smallest absolute Gasteiger partial charge is 0.231 e. The Morgan fingerprint density at radius 2 is 2.14 bits per heavy atom. The highest BCUT2D eigenvalue weighted by atomic mass is 16.7. The van der Waals surface area contributed by atoms with Gasteiger partial charge in [0.25, 0.3) is 0 Å². The Bertz CT molecular complexity index is 653. The van der Waals surface area contributed by atoms with Crippen molar-refractivity contribution in [1.82, 2.24) is 10.3 Å². The number of aromatic nitrogens is 1. The Morgan fingerprint density at radius 1 is 1.24 bits per heavy atom. The van der Waals surface area contributed by atoms with Crippen LogP contribution in [-0.4, -0.2) is 31.0 Å². The third-order valence-electron chi connectivity index (χ3n) is 4.05. The van der Waals surface area contributed by atoms with Crippen LogP contribution in [0.15, 0.2) is 24.4 Å². The molecule has 2 aromatic rings. The molecule has 21 heavy (non-hydrogen) atoms. The number of rotatable bonds is 3. The van der Waals surface area contributed by atoms with Gasteiger partial charge in [-0.25, -0.2) is 4.98 Å². The van der Waals surface area contributed by atoms with Gasteiger partial charge in [-0.15, -0.1) is 0 Å². The van der Waals surface area contributed by atoms with Crippen molar-refractivity contribution in [3.63, 3.8) is 0 Å². The van der Waals surface area contributed by atoms with Crippen LogP contribution in [0.2, 0.25) is 0 Å². The van der Waals surface area contributed by atoms with Gasteiger partial charge in [0.15, 0.2) is 11.5 Å². The molecular weight excluding hydrogens is 268 g/mol. The third-order valence-corrected chi connectivity index (χ3v) is 4.05. The number of hydrogen-bond acceptors (Lipinski definition) is 5. The van der Waals surface area contributed by atoms with Gasteiger partial charge >= 0.3 is 0 Å². The topological polar surface area (TPSA) is 52.6 Å². The highest BCUT2D eigenvalue weighted by Gasteiger charge is 2.18. The average molecular weight is 286 g/mol. The number of hydrogen-bond donors (Lipinski definition) is 1. The summed E-state index contributed by atoms with van der Waals surface area (Å²) >= 11 is 0. The lowest BCUT2D eigenvalue weighted by Crippen LogP contribution is -2.38. The Kier molecular flexibility index (Phi) is 3.27. The molecule has 2 aliphatic rings. The molecule has 1 aromatic carbocycles. The molecule has 4 rings (SSSR count). The molecule has 1 fully saturated rings. The first-order valence-electron chi connectivity index (χ1n) is 7.45. The lowest BCUT2D eigenvalue weighted by molar-refractivity contribution is 0.174. The Balaban J connectivity index is 1.59. The number of benzene rings is 1. The van der Waals surface area contributed by atoms with Crippen LogP contribution in [0.5, 0.6) is 17.4 Å². The number of nitrogens with one attached hydrogen (secondary N) is 1. The summed E-state index contributed by atoms with van der Waals surface area (Å²) in [7, 11) is 0. The number of ether oxygens (including phenoxy) is 3. The molecule has 3 heterocycles. The fraction of sp³-hybridized carbons (Fsp3) is 0.438. The predicted octanol–water partition coefficient (Wildman–Crippen LogP) is 2.48. The third kappa shape index (κ3) is 2.49. The zero-order chi connectivity index (χ0) is 14.1. The van der Waals surface area contributed by atoms with Crippen molar-refractivity contribution in [3.8, 4) is 17.4 Å². The van der Waals surface area contributed by atoms with Crippen LogP contribution in [0.1, 0.15) is 19.3 Å². The number of piperidine rings is 1. The highest BCUT2D eigenvalue weighted by molar-refractivity contribution is 5.90. The zero-order valence-electron chi connectivity index (χ0n) is 11.8. The molecule has 1 atom stereocenters. The molecule has 5 nitrogen and oxygen atoms in total. The summed E-state index contributed by atoms with van der Waals surface area (Å²) in [6.45, 7) is 2.01. The van der Waals surface area contributed by atoms with Crippen molar-refractivity contribution in [3.05, 3.63) is 24.4 Å². The minimum atomic E-state index is 0.279. The molecule has 1 aromatic heterocycles. The summed E-state index contributed by atoms with van der Waals surface area (Å²) in [6.07, 6.45) is 5.46. The van der Waals surface area contributed by atoms with E-state index in [-0.39, 0.29) is 6.79 Å². The van der Waals surface area contributed by atoms with E-state index in [1.54, 1.807) is 6.20 Å². The van der Waals surface area contributed by atoms with Gasteiger partial charge in [0.1, 0.15) is 6.61 Å². The van der Waals surface area contributed by atoms with Crippen molar-refractivity contribution >= 4 is 10.8 Å². The molecule has 2 aliphatic heterocycles. The van der Waals surface area contributed by atoms with E-state index in [0.29, 0.717) is 18.5 Å². The molecule has 0 aliphatic carbocycles. The summed E-state index contributed by atoms with van der Waals surface area (Å²) < 4.78 is 16.8. The predicted molar refractivity (Wildman–Crippen MR) is 79.0 cm³/mol. The molecule has 110 valence electrons. The minimum Gasteiger partial charge on any atom is -0.476 e. The van der Waals surface area contributed by atoms with Crippen LogP contribution in [0.25, 0.3) is 10.8 Å². The lowest BCUT2D eigenvalue weighted by atomic mass is 10.1. The van der Waals surface area contributed by atoms with Crippen molar-refractivity contribution in [2.45, 2.75) is 25.3 Å². The van der Waals surface area contributed by atoms with Crippen LogP contribution >= 0.6 is 0 Å². The number of fused-ring (bicyclic) bond motifs is 2. The Labute approximate surface area is 123 Å². The van der Waals surface area contributed by atoms with Crippen LogP contribution in [0.4, 0.5) is 0 Å². The van der Waals surface area contributed by atoms with Crippen LogP contribution in [-0.2, 0) is 0 Å². The largest absolute Gasteiger partial charge is 0.476 e. The molecule has 0 amide bonds. The lowest BCUT2D eigenvalue weighted by Gasteiger charge is -2.23. The summed E-state index contributed by atoms with van der Waals surface area (Å²) in [4.78, 5) is 4.37. The summed E-state index contributed by atoms with van der Waals surface area (Å²) in [5.41, 5.74) is 0. The Hall–Kier alpha value is -2.01. The normalized spacial score (nSPS) is 20.7. The van der Waals surface area contributed by atoms with Crippen molar-refractivity contribution in [2.24, 2.45) is 0 Å². The van der Waals surface area contributed by atoms with Crippen LogP contribution in [0, 0.1) is 0 Å². The zero-order valence-corrected chi connectivity index (χ0v) is 11.8. The maximum Gasteiger partial charge on any atom is 0.231 e. The van der Waals surface area contributed by atoms with E-state index in [4.69, 9.17) is 14.2 Å². The number of pyridine rings is 1. The van der Waals surface area contributed by atoms with E-state index in [1.807, 2.05) is 18.2 Å². The van der Waals surface area contributed by atoms with Gasteiger partial charge in [-0.2, -0.15) is 0 Å². The van der Waals surface area contributed by atoms with Gasteiger partial charge in [0, 0.05) is 17.6 Å². The second-order valence-corrected chi connectivity index (χ2v) is 5.50. The molecular formula is C16H18N2O3. The molecule has 1 N–H and O–H groups in total. The van der Waals surface area contributed by atoms with Crippen molar-refractivity contribution in [2.75, 3.05) is 19.9 Å². The first-order chi connectivity index (χ1) is 10.4. The molecule has 5 heteroatoms. The summed E-state index contributed by atoms with van der Waals surface area (Å²) in [5, 5.41) is 5.51. The number of nitrogens with zero attached hydrogens (tertiary/aromatic N) is 1. The second-order valence-electron chi connectivity index (χ2n) is 5.50. The molecule has 0 spiro atoms. The maximum atomic E-state index is 5.95. The minimum absolute atomic E-state index is 0.279. The van der Waals surface area contributed by atoms with Crippen molar-refractivity contribution < 1.29 is 14.2 Å². The van der Waals surface area contributed by atoms with E-state index in [1.165, 1.54) is 12.8 Å². The van der Waals surface area contributed by atoms with Gasteiger partial charge in [0.2, 0.25) is 12.7 Å². The molecule has 0 saturated carbocycles. The van der Waals surface area contributed by atoms with E-state index < -0.39 is 0 Å². The van der Waals surface area contributed by atoms with E-state index in [9.17, 15) is 0 Å². The Morgan fingerprint density at radius 3 is 3.00 bits per heavy atom. The van der Waals surface area contributed by atoms with Crippen molar-refractivity contribution in [1.29, 1.82) is 0 Å². The first-order valence-corrected chi connectivity index (χ1v) is 7.45. The second kappa shape index (κ2) is 5.41. The van der Waals surface area contributed by atoms with Crippen LogP contribution < -0.4 is 19.5 Å². The van der Waals surface area contributed by atoms with E-state index in [0.717, 1.165) is 35.2 Å². The fourth-order valence-corrected chi connectivity index (χ4v) is 2.90.